The van der Waals surface area contributed by atoms with Crippen molar-refractivity contribution in [3.8, 4) is 0 Å². The molecule has 0 spiro atoms. The fraction of sp³-hybridized carbons (Fsp3) is 0.500. The SMILES string of the molecule is Cc1ccc2[nH]c(=S)n(C3(C)CCOC3C)c2c1. The van der Waals surface area contributed by atoms with Crippen LogP contribution in [0.4, 0.5) is 0 Å². The number of benzene rings is 1. The van der Waals surface area contributed by atoms with E-state index in [0.717, 1.165) is 23.3 Å². The van der Waals surface area contributed by atoms with E-state index < -0.39 is 0 Å². The standard InChI is InChI=1S/C14H18N2OS/c1-9-4-5-11-12(8-9)16(13(18)15-11)14(3)6-7-17-10(14)2/h4-5,8,10H,6-7H2,1-3H3,(H,15,18). The van der Waals surface area contributed by atoms with Gasteiger partial charge in [-0.2, -0.15) is 0 Å². The lowest BCUT2D eigenvalue weighted by Crippen LogP contribution is -2.36. The summed E-state index contributed by atoms with van der Waals surface area (Å²) >= 11 is 5.51. The van der Waals surface area contributed by atoms with Crippen molar-refractivity contribution in [3.05, 3.63) is 28.5 Å². The summed E-state index contributed by atoms with van der Waals surface area (Å²) in [4.78, 5) is 3.30. The maximum absolute atomic E-state index is 5.75. The molecule has 1 aliphatic rings. The largest absolute Gasteiger partial charge is 0.376 e. The van der Waals surface area contributed by atoms with Gasteiger partial charge in [-0.3, -0.25) is 0 Å². The summed E-state index contributed by atoms with van der Waals surface area (Å²) in [5.41, 5.74) is 3.48. The van der Waals surface area contributed by atoms with Crippen LogP contribution >= 0.6 is 12.2 Å². The summed E-state index contributed by atoms with van der Waals surface area (Å²) in [7, 11) is 0. The molecule has 1 fully saturated rings. The van der Waals surface area contributed by atoms with Gasteiger partial charge < -0.3 is 14.3 Å². The molecule has 2 aromatic rings. The first-order valence-corrected chi connectivity index (χ1v) is 6.77. The highest BCUT2D eigenvalue weighted by molar-refractivity contribution is 7.71. The van der Waals surface area contributed by atoms with Crippen molar-refractivity contribution in [2.45, 2.75) is 38.8 Å². The number of aromatic nitrogens is 2. The molecule has 96 valence electrons. The summed E-state index contributed by atoms with van der Waals surface area (Å²) in [6.45, 7) is 7.27. The molecule has 0 saturated carbocycles. The average Bonchev–Trinajstić information content (AvgIpc) is 2.80. The molecule has 3 rings (SSSR count). The summed E-state index contributed by atoms with van der Waals surface area (Å²) in [6, 6.07) is 6.40. The molecular weight excluding hydrogens is 244 g/mol. The Kier molecular flexibility index (Phi) is 2.61. The molecule has 18 heavy (non-hydrogen) atoms. The van der Waals surface area contributed by atoms with E-state index in [1.54, 1.807) is 0 Å². The third-order valence-electron chi connectivity index (χ3n) is 4.20. The minimum Gasteiger partial charge on any atom is -0.376 e. The molecular formula is C14H18N2OS. The monoisotopic (exact) mass is 262 g/mol. The first-order chi connectivity index (χ1) is 8.52. The van der Waals surface area contributed by atoms with Crippen LogP contribution in [0.2, 0.25) is 0 Å². The summed E-state index contributed by atoms with van der Waals surface area (Å²) in [5, 5.41) is 0. The van der Waals surface area contributed by atoms with Crippen molar-refractivity contribution in [2.24, 2.45) is 0 Å². The van der Waals surface area contributed by atoms with Crippen LogP contribution in [0.5, 0.6) is 0 Å². The zero-order valence-electron chi connectivity index (χ0n) is 11.0. The van der Waals surface area contributed by atoms with Crippen LogP contribution in [-0.4, -0.2) is 22.3 Å². The van der Waals surface area contributed by atoms with Crippen molar-refractivity contribution in [2.75, 3.05) is 6.61 Å². The van der Waals surface area contributed by atoms with Crippen LogP contribution < -0.4 is 0 Å². The van der Waals surface area contributed by atoms with E-state index in [1.807, 2.05) is 0 Å². The van der Waals surface area contributed by atoms with E-state index in [1.165, 1.54) is 11.1 Å². The number of rotatable bonds is 1. The minimum absolute atomic E-state index is 0.0525. The smallest absolute Gasteiger partial charge is 0.178 e. The van der Waals surface area contributed by atoms with E-state index in [9.17, 15) is 0 Å². The van der Waals surface area contributed by atoms with Gasteiger partial charge in [0, 0.05) is 6.61 Å². The number of hydrogen-bond acceptors (Lipinski definition) is 2. The fourth-order valence-corrected chi connectivity index (χ4v) is 3.26. The lowest BCUT2D eigenvalue weighted by Gasteiger charge is -2.30. The highest BCUT2D eigenvalue weighted by atomic mass is 32.1. The topological polar surface area (TPSA) is 29.9 Å². The zero-order chi connectivity index (χ0) is 12.9. The quantitative estimate of drug-likeness (QED) is 0.797. The van der Waals surface area contributed by atoms with Crippen molar-refractivity contribution < 1.29 is 4.74 Å². The molecule has 0 amide bonds. The predicted octanol–water partition coefficient (Wildman–Crippen LogP) is 3.53. The minimum atomic E-state index is -0.0525. The van der Waals surface area contributed by atoms with Crippen LogP contribution in [0.3, 0.4) is 0 Å². The van der Waals surface area contributed by atoms with Gasteiger partial charge in [0.25, 0.3) is 0 Å². The number of fused-ring (bicyclic) bond motifs is 1. The Morgan fingerprint density at radius 3 is 2.94 bits per heavy atom. The van der Waals surface area contributed by atoms with E-state index in [4.69, 9.17) is 17.0 Å². The number of hydrogen-bond donors (Lipinski definition) is 1. The molecule has 3 nitrogen and oxygen atoms in total. The average molecular weight is 262 g/mol. The number of aromatic amines is 1. The number of nitrogens with zero attached hydrogens (tertiary/aromatic N) is 1. The lowest BCUT2D eigenvalue weighted by atomic mass is 9.94. The van der Waals surface area contributed by atoms with E-state index >= 15 is 0 Å². The molecule has 0 radical (unpaired) electrons. The summed E-state index contributed by atoms with van der Waals surface area (Å²) < 4.78 is 8.77. The Bertz CT molecular complexity index is 657. The number of aryl methyl sites for hydroxylation is 1. The number of ether oxygens (including phenoxy) is 1. The van der Waals surface area contributed by atoms with Crippen molar-refractivity contribution >= 4 is 23.3 Å². The molecule has 1 aromatic heterocycles. The Balaban J connectivity index is 2.31. The van der Waals surface area contributed by atoms with Gasteiger partial charge in [-0.1, -0.05) is 6.07 Å². The van der Waals surface area contributed by atoms with E-state index in [0.29, 0.717) is 0 Å². The van der Waals surface area contributed by atoms with Gasteiger partial charge in [-0.05, 0) is 57.1 Å². The van der Waals surface area contributed by atoms with Crippen LogP contribution in [0, 0.1) is 11.7 Å². The molecule has 2 unspecified atom stereocenters. The third-order valence-corrected chi connectivity index (χ3v) is 4.49. The van der Waals surface area contributed by atoms with Gasteiger partial charge in [0.05, 0.1) is 22.7 Å². The Hall–Kier alpha value is -1.13. The first-order valence-electron chi connectivity index (χ1n) is 6.36. The Labute approximate surface area is 112 Å². The zero-order valence-corrected chi connectivity index (χ0v) is 11.8. The van der Waals surface area contributed by atoms with E-state index in [2.05, 4.69) is 48.5 Å². The highest BCUT2D eigenvalue weighted by Crippen LogP contribution is 2.36. The summed E-state index contributed by atoms with van der Waals surface area (Å²) in [5.74, 6) is 0. The van der Waals surface area contributed by atoms with Gasteiger partial charge in [-0.15, -0.1) is 0 Å². The molecule has 0 aliphatic carbocycles. The molecule has 4 heteroatoms. The highest BCUT2D eigenvalue weighted by Gasteiger charge is 2.40. The van der Waals surface area contributed by atoms with Crippen LogP contribution in [0.25, 0.3) is 11.0 Å². The van der Waals surface area contributed by atoms with Crippen LogP contribution in [0.1, 0.15) is 25.8 Å². The normalized spacial score (nSPS) is 28.1. The van der Waals surface area contributed by atoms with Gasteiger partial charge in [-0.25, -0.2) is 0 Å². The fourth-order valence-electron chi connectivity index (χ4n) is 2.84. The van der Waals surface area contributed by atoms with Crippen LogP contribution in [-0.2, 0) is 10.3 Å². The van der Waals surface area contributed by atoms with Gasteiger partial charge in [0.1, 0.15) is 0 Å². The second-order valence-corrected chi connectivity index (χ2v) is 5.79. The maximum atomic E-state index is 5.75. The Morgan fingerprint density at radius 1 is 1.50 bits per heavy atom. The first kappa shape index (κ1) is 11.9. The maximum Gasteiger partial charge on any atom is 0.178 e. The van der Waals surface area contributed by atoms with E-state index in [-0.39, 0.29) is 11.6 Å². The number of imidazole rings is 1. The molecule has 1 aromatic carbocycles. The third kappa shape index (κ3) is 1.56. The van der Waals surface area contributed by atoms with Gasteiger partial charge in [0.2, 0.25) is 0 Å². The Morgan fingerprint density at radius 2 is 2.28 bits per heavy atom. The van der Waals surface area contributed by atoms with Crippen molar-refractivity contribution in [1.82, 2.24) is 9.55 Å². The number of nitrogens with one attached hydrogen (secondary N) is 1. The molecule has 2 heterocycles. The second-order valence-electron chi connectivity index (χ2n) is 5.41. The second kappa shape index (κ2) is 3.93. The molecule has 1 aliphatic heterocycles. The molecule has 1 saturated heterocycles. The summed E-state index contributed by atoms with van der Waals surface area (Å²) in [6.07, 6.45) is 1.19. The van der Waals surface area contributed by atoms with Crippen molar-refractivity contribution in [1.29, 1.82) is 0 Å². The molecule has 1 N–H and O–H groups in total. The van der Waals surface area contributed by atoms with Gasteiger partial charge >= 0.3 is 0 Å². The predicted molar refractivity (Wildman–Crippen MR) is 75.5 cm³/mol. The van der Waals surface area contributed by atoms with Crippen LogP contribution in [0.15, 0.2) is 18.2 Å². The molecule has 2 atom stereocenters. The van der Waals surface area contributed by atoms with Crippen molar-refractivity contribution in [3.63, 3.8) is 0 Å². The molecule has 0 bridgehead atoms. The van der Waals surface area contributed by atoms with Gasteiger partial charge in [0.15, 0.2) is 4.77 Å². The lowest BCUT2D eigenvalue weighted by molar-refractivity contribution is 0.0770. The number of H-pyrrole nitrogens is 1.